The van der Waals surface area contributed by atoms with E-state index in [0.29, 0.717) is 19.7 Å². The first-order valence-corrected chi connectivity index (χ1v) is 9.26. The van der Waals surface area contributed by atoms with Gasteiger partial charge in [-0.1, -0.05) is 34.1 Å². The Morgan fingerprint density at radius 1 is 1.32 bits per heavy atom. The fraction of sp³-hybridized carbons (Fsp3) is 0.368. The normalized spacial score (nSPS) is 20.3. The predicted molar refractivity (Wildman–Crippen MR) is 100 cm³/mol. The fourth-order valence-corrected chi connectivity index (χ4v) is 3.31. The van der Waals surface area contributed by atoms with Gasteiger partial charge in [-0.15, -0.1) is 0 Å². The summed E-state index contributed by atoms with van der Waals surface area (Å²) in [5.74, 6) is 0. The predicted octanol–water partition coefficient (Wildman–Crippen LogP) is 3.56. The molecule has 0 saturated carbocycles. The molecule has 1 N–H and O–H groups in total. The molecule has 2 heterocycles. The van der Waals surface area contributed by atoms with Gasteiger partial charge >= 0.3 is 6.03 Å². The first-order valence-electron chi connectivity index (χ1n) is 8.46. The summed E-state index contributed by atoms with van der Waals surface area (Å²) in [5, 5.41) is 3.00. The zero-order valence-corrected chi connectivity index (χ0v) is 15.8. The molecule has 2 aromatic rings. The molecule has 2 amide bonds. The fourth-order valence-electron chi connectivity index (χ4n) is 3.04. The summed E-state index contributed by atoms with van der Waals surface area (Å²) in [6.07, 6.45) is 2.38. The van der Waals surface area contributed by atoms with Gasteiger partial charge in [-0.25, -0.2) is 4.79 Å². The number of morpholine rings is 1. The Hall–Kier alpha value is -1.92. The molecule has 6 heteroatoms. The van der Waals surface area contributed by atoms with Gasteiger partial charge in [0.25, 0.3) is 0 Å². The number of carbonyl (C=O) groups excluding carboxylic acids is 1. The first kappa shape index (κ1) is 17.9. The highest BCUT2D eigenvalue weighted by Crippen LogP contribution is 2.29. The molecule has 25 heavy (non-hydrogen) atoms. The zero-order valence-electron chi connectivity index (χ0n) is 14.2. The Balaban J connectivity index is 1.57. The molecule has 132 valence electrons. The van der Waals surface area contributed by atoms with Crippen molar-refractivity contribution in [2.75, 3.05) is 19.7 Å². The van der Waals surface area contributed by atoms with E-state index < -0.39 is 0 Å². The van der Waals surface area contributed by atoms with Crippen molar-refractivity contribution >= 4 is 22.0 Å². The van der Waals surface area contributed by atoms with Crippen molar-refractivity contribution in [1.29, 1.82) is 0 Å². The van der Waals surface area contributed by atoms with Gasteiger partial charge in [0.1, 0.15) is 6.10 Å². The molecule has 0 aliphatic carbocycles. The van der Waals surface area contributed by atoms with Crippen LogP contribution in [0.3, 0.4) is 0 Å². The van der Waals surface area contributed by atoms with Crippen LogP contribution in [0.15, 0.2) is 53.1 Å². The number of halogens is 1. The monoisotopic (exact) mass is 403 g/mol. The SMILES string of the molecule is C[C@@H]1[C@@H](c2ccc(Br)cc2)OCCN1C(=O)NCCc1ccccn1. The van der Waals surface area contributed by atoms with E-state index in [9.17, 15) is 4.79 Å². The van der Waals surface area contributed by atoms with E-state index in [1.54, 1.807) is 6.20 Å². The average molecular weight is 404 g/mol. The number of hydrogen-bond acceptors (Lipinski definition) is 3. The maximum absolute atomic E-state index is 12.6. The lowest BCUT2D eigenvalue weighted by Gasteiger charge is -2.39. The van der Waals surface area contributed by atoms with Gasteiger partial charge in [0, 0.05) is 35.9 Å². The molecular weight excluding hydrogens is 382 g/mol. The number of nitrogens with one attached hydrogen (secondary N) is 1. The minimum atomic E-state index is -0.108. The lowest BCUT2D eigenvalue weighted by atomic mass is 10.0. The number of ether oxygens (including phenoxy) is 1. The van der Waals surface area contributed by atoms with E-state index in [1.165, 1.54) is 0 Å². The number of rotatable bonds is 4. The van der Waals surface area contributed by atoms with Gasteiger partial charge in [0.15, 0.2) is 0 Å². The van der Waals surface area contributed by atoms with Gasteiger partial charge in [-0.05, 0) is 36.8 Å². The third-order valence-electron chi connectivity index (χ3n) is 4.40. The lowest BCUT2D eigenvalue weighted by Crippen LogP contribution is -2.52. The van der Waals surface area contributed by atoms with Crippen LogP contribution in [-0.4, -0.2) is 41.7 Å². The molecule has 1 aliphatic heterocycles. The maximum atomic E-state index is 12.6. The topological polar surface area (TPSA) is 54.5 Å². The molecule has 0 spiro atoms. The number of benzene rings is 1. The number of carbonyl (C=O) groups is 1. The first-order chi connectivity index (χ1) is 12.1. The van der Waals surface area contributed by atoms with E-state index in [0.717, 1.165) is 22.2 Å². The molecule has 0 unspecified atom stereocenters. The van der Waals surface area contributed by atoms with E-state index in [2.05, 4.69) is 26.2 Å². The molecule has 2 atom stereocenters. The van der Waals surface area contributed by atoms with Crippen LogP contribution in [0.4, 0.5) is 4.79 Å². The van der Waals surface area contributed by atoms with E-state index >= 15 is 0 Å². The van der Waals surface area contributed by atoms with Crippen molar-refractivity contribution in [2.24, 2.45) is 0 Å². The molecule has 5 nitrogen and oxygen atoms in total. The smallest absolute Gasteiger partial charge is 0.317 e. The summed E-state index contributed by atoms with van der Waals surface area (Å²) in [6, 6.07) is 13.8. The highest BCUT2D eigenvalue weighted by atomic mass is 79.9. The molecule has 0 radical (unpaired) electrons. The van der Waals surface area contributed by atoms with Crippen LogP contribution in [0, 0.1) is 0 Å². The summed E-state index contributed by atoms with van der Waals surface area (Å²) < 4.78 is 6.95. The molecule has 1 aromatic heterocycles. The van der Waals surface area contributed by atoms with Crippen molar-refractivity contribution in [2.45, 2.75) is 25.5 Å². The van der Waals surface area contributed by atoms with Gasteiger partial charge < -0.3 is 15.0 Å². The second-order valence-electron chi connectivity index (χ2n) is 6.08. The van der Waals surface area contributed by atoms with Crippen LogP contribution in [0.2, 0.25) is 0 Å². The number of pyridine rings is 1. The summed E-state index contributed by atoms with van der Waals surface area (Å²) in [7, 11) is 0. The highest BCUT2D eigenvalue weighted by molar-refractivity contribution is 9.10. The standard InChI is InChI=1S/C19H22BrN3O2/c1-14-18(15-5-7-16(20)8-6-15)25-13-12-23(14)19(24)22-11-9-17-4-2-3-10-21-17/h2-8,10,14,18H,9,11-13H2,1H3,(H,22,24)/t14-,18+/m1/s1. The molecule has 3 rings (SSSR count). The second kappa shape index (κ2) is 8.45. The minimum absolute atomic E-state index is 0.0234. The minimum Gasteiger partial charge on any atom is -0.370 e. The van der Waals surface area contributed by atoms with Crippen LogP contribution in [0.1, 0.15) is 24.3 Å². The zero-order chi connectivity index (χ0) is 17.6. The van der Waals surface area contributed by atoms with Gasteiger partial charge in [-0.3, -0.25) is 4.98 Å². The number of urea groups is 1. The Morgan fingerprint density at radius 2 is 2.12 bits per heavy atom. The molecule has 1 saturated heterocycles. The largest absolute Gasteiger partial charge is 0.370 e. The summed E-state index contributed by atoms with van der Waals surface area (Å²) in [6.45, 7) is 3.75. The van der Waals surface area contributed by atoms with Crippen LogP contribution >= 0.6 is 15.9 Å². The Bertz CT molecular complexity index is 694. The number of amides is 2. The molecule has 0 bridgehead atoms. The summed E-state index contributed by atoms with van der Waals surface area (Å²) in [5.41, 5.74) is 2.06. The quantitative estimate of drug-likeness (QED) is 0.848. The van der Waals surface area contributed by atoms with Crippen LogP contribution in [-0.2, 0) is 11.2 Å². The number of hydrogen-bond donors (Lipinski definition) is 1. The van der Waals surface area contributed by atoms with Crippen molar-refractivity contribution < 1.29 is 9.53 Å². The maximum Gasteiger partial charge on any atom is 0.317 e. The Morgan fingerprint density at radius 3 is 2.84 bits per heavy atom. The van der Waals surface area contributed by atoms with Crippen molar-refractivity contribution in [3.05, 3.63) is 64.4 Å². The van der Waals surface area contributed by atoms with E-state index in [4.69, 9.17) is 4.74 Å². The van der Waals surface area contributed by atoms with Crippen molar-refractivity contribution in [3.8, 4) is 0 Å². The second-order valence-corrected chi connectivity index (χ2v) is 7.00. The molecule has 1 aliphatic rings. The van der Waals surface area contributed by atoms with Crippen LogP contribution in [0.25, 0.3) is 0 Å². The average Bonchev–Trinajstić information content (AvgIpc) is 2.63. The Labute approximate surface area is 156 Å². The van der Waals surface area contributed by atoms with Gasteiger partial charge in [0.2, 0.25) is 0 Å². The Kier molecular flexibility index (Phi) is 6.04. The molecule has 1 aromatic carbocycles. The molecular formula is C19H22BrN3O2. The third-order valence-corrected chi connectivity index (χ3v) is 4.93. The summed E-state index contributed by atoms with van der Waals surface area (Å²) in [4.78, 5) is 18.7. The van der Waals surface area contributed by atoms with Crippen molar-refractivity contribution in [1.82, 2.24) is 15.2 Å². The van der Waals surface area contributed by atoms with Crippen LogP contribution < -0.4 is 5.32 Å². The van der Waals surface area contributed by atoms with Crippen molar-refractivity contribution in [3.63, 3.8) is 0 Å². The van der Waals surface area contributed by atoms with Crippen LogP contribution in [0.5, 0.6) is 0 Å². The lowest BCUT2D eigenvalue weighted by molar-refractivity contribution is -0.0497. The summed E-state index contributed by atoms with van der Waals surface area (Å²) >= 11 is 3.45. The van der Waals surface area contributed by atoms with E-state index in [1.807, 2.05) is 54.3 Å². The third kappa shape index (κ3) is 4.58. The van der Waals surface area contributed by atoms with Gasteiger partial charge in [0.05, 0.1) is 12.6 Å². The number of nitrogens with zero attached hydrogens (tertiary/aromatic N) is 2. The van der Waals surface area contributed by atoms with Gasteiger partial charge in [-0.2, -0.15) is 0 Å². The molecule has 1 fully saturated rings. The number of aromatic nitrogens is 1. The van der Waals surface area contributed by atoms with E-state index in [-0.39, 0.29) is 18.2 Å². The highest BCUT2D eigenvalue weighted by Gasteiger charge is 2.32.